The van der Waals surface area contributed by atoms with E-state index in [-0.39, 0.29) is 18.6 Å². The van der Waals surface area contributed by atoms with E-state index >= 15 is 0 Å². The lowest BCUT2D eigenvalue weighted by Crippen LogP contribution is -2.52. The van der Waals surface area contributed by atoms with Gasteiger partial charge in [-0.3, -0.25) is 4.79 Å². The fourth-order valence-corrected chi connectivity index (χ4v) is 3.28. The third-order valence-electron chi connectivity index (χ3n) is 4.26. The van der Waals surface area contributed by atoms with Gasteiger partial charge in [0.1, 0.15) is 6.54 Å². The van der Waals surface area contributed by atoms with Crippen LogP contribution in [0.15, 0.2) is 0 Å². The minimum atomic E-state index is -0.412. The Bertz CT molecular complexity index is 340. The summed E-state index contributed by atoms with van der Waals surface area (Å²) in [6.45, 7) is 3.85. The zero-order valence-electron chi connectivity index (χ0n) is 11.8. The first kappa shape index (κ1) is 14.2. The number of urea groups is 1. The largest absolute Gasteiger partial charge is 0.368 e. The molecule has 0 aromatic heterocycles. The summed E-state index contributed by atoms with van der Waals surface area (Å²) >= 11 is 0. The molecule has 1 unspecified atom stereocenters. The molecule has 2 N–H and O–H groups in total. The normalized spacial score (nSPS) is 24.5. The topological polar surface area (TPSA) is 66.6 Å². The molecule has 108 valence electrons. The molecule has 0 aromatic rings. The van der Waals surface area contributed by atoms with Crippen LogP contribution in [0.25, 0.3) is 0 Å². The Balaban J connectivity index is 2.03. The van der Waals surface area contributed by atoms with Crippen molar-refractivity contribution in [2.24, 2.45) is 11.7 Å². The summed E-state index contributed by atoms with van der Waals surface area (Å²) in [7, 11) is 0. The van der Waals surface area contributed by atoms with Gasteiger partial charge in [0.05, 0.1) is 0 Å². The summed E-state index contributed by atoms with van der Waals surface area (Å²) < 4.78 is 0. The van der Waals surface area contributed by atoms with E-state index in [1.165, 1.54) is 6.42 Å². The fourth-order valence-electron chi connectivity index (χ4n) is 3.28. The van der Waals surface area contributed by atoms with Crippen LogP contribution < -0.4 is 5.73 Å². The molecule has 5 nitrogen and oxygen atoms in total. The Morgan fingerprint density at radius 3 is 2.47 bits per heavy atom. The molecule has 1 saturated heterocycles. The second-order valence-corrected chi connectivity index (χ2v) is 6.01. The molecule has 19 heavy (non-hydrogen) atoms. The maximum absolute atomic E-state index is 12.6. The first-order chi connectivity index (χ1) is 9.08. The predicted octanol–water partition coefficient (Wildman–Crippen LogP) is 1.57. The van der Waals surface area contributed by atoms with E-state index in [1.54, 1.807) is 4.90 Å². The summed E-state index contributed by atoms with van der Waals surface area (Å²) in [6, 6.07) is 0.217. The number of primary amides is 1. The Hall–Kier alpha value is -1.26. The number of hydrogen-bond acceptors (Lipinski definition) is 2. The van der Waals surface area contributed by atoms with Gasteiger partial charge >= 0.3 is 6.03 Å². The van der Waals surface area contributed by atoms with Crippen LogP contribution in [0.1, 0.15) is 45.4 Å². The molecule has 5 heteroatoms. The summed E-state index contributed by atoms with van der Waals surface area (Å²) in [4.78, 5) is 27.5. The van der Waals surface area contributed by atoms with Crippen LogP contribution in [0.2, 0.25) is 0 Å². The number of nitrogens with zero attached hydrogens (tertiary/aromatic N) is 2. The lowest BCUT2D eigenvalue weighted by molar-refractivity contribution is -0.119. The van der Waals surface area contributed by atoms with E-state index in [4.69, 9.17) is 5.73 Å². The molecule has 1 aliphatic heterocycles. The zero-order valence-corrected chi connectivity index (χ0v) is 11.8. The number of carbonyl (C=O) groups is 2. The lowest BCUT2D eigenvalue weighted by atomic mass is 10.0. The van der Waals surface area contributed by atoms with Crippen LogP contribution in [0.4, 0.5) is 4.79 Å². The quantitative estimate of drug-likeness (QED) is 0.843. The van der Waals surface area contributed by atoms with Gasteiger partial charge in [-0.25, -0.2) is 4.79 Å². The number of hydrogen-bond donors (Lipinski definition) is 1. The van der Waals surface area contributed by atoms with Crippen LogP contribution in [0.5, 0.6) is 0 Å². The van der Waals surface area contributed by atoms with Gasteiger partial charge in [0.15, 0.2) is 0 Å². The average Bonchev–Trinajstić information content (AvgIpc) is 2.88. The smallest absolute Gasteiger partial charge is 0.320 e. The highest BCUT2D eigenvalue weighted by Crippen LogP contribution is 2.25. The Kier molecular flexibility index (Phi) is 4.66. The first-order valence-electron chi connectivity index (χ1n) is 7.41. The number of amides is 3. The van der Waals surface area contributed by atoms with Crippen molar-refractivity contribution in [3.05, 3.63) is 0 Å². The van der Waals surface area contributed by atoms with E-state index in [1.807, 2.05) is 4.90 Å². The van der Waals surface area contributed by atoms with E-state index in [2.05, 4.69) is 6.92 Å². The van der Waals surface area contributed by atoms with Crippen molar-refractivity contribution in [2.75, 3.05) is 19.6 Å². The summed E-state index contributed by atoms with van der Waals surface area (Å²) in [5.74, 6) is 0.141. The third-order valence-corrected chi connectivity index (χ3v) is 4.26. The van der Waals surface area contributed by atoms with Gasteiger partial charge < -0.3 is 15.5 Å². The van der Waals surface area contributed by atoms with Gasteiger partial charge in [-0.15, -0.1) is 0 Å². The minimum Gasteiger partial charge on any atom is -0.368 e. The van der Waals surface area contributed by atoms with Gasteiger partial charge in [0.2, 0.25) is 5.91 Å². The first-order valence-corrected chi connectivity index (χ1v) is 7.41. The van der Waals surface area contributed by atoms with Crippen molar-refractivity contribution in [1.82, 2.24) is 9.80 Å². The maximum atomic E-state index is 12.6. The number of likely N-dealkylation sites (tertiary alicyclic amines) is 1. The monoisotopic (exact) mass is 267 g/mol. The average molecular weight is 267 g/mol. The second kappa shape index (κ2) is 6.26. The minimum absolute atomic E-state index is 0.0113. The van der Waals surface area contributed by atoms with E-state index in [0.29, 0.717) is 5.92 Å². The van der Waals surface area contributed by atoms with Crippen molar-refractivity contribution in [1.29, 1.82) is 0 Å². The van der Waals surface area contributed by atoms with E-state index in [0.717, 1.165) is 45.2 Å². The molecule has 0 spiro atoms. The highest BCUT2D eigenvalue weighted by molar-refractivity contribution is 5.83. The molecule has 1 atom stereocenters. The molecule has 2 aliphatic rings. The molecule has 2 fully saturated rings. The molecule has 3 amide bonds. The van der Waals surface area contributed by atoms with Crippen LogP contribution in [-0.2, 0) is 4.79 Å². The highest BCUT2D eigenvalue weighted by Gasteiger charge is 2.32. The standard InChI is InChI=1S/C14H25N3O2/c1-11-5-4-8-16(9-11)14(19)17(10-13(15)18)12-6-2-3-7-12/h11-12H,2-10H2,1H3,(H2,15,18). The highest BCUT2D eigenvalue weighted by atomic mass is 16.2. The third kappa shape index (κ3) is 3.61. The molecule has 0 bridgehead atoms. The molecular weight excluding hydrogens is 242 g/mol. The Labute approximate surface area is 115 Å². The van der Waals surface area contributed by atoms with Crippen LogP contribution in [0.3, 0.4) is 0 Å². The van der Waals surface area contributed by atoms with Crippen LogP contribution in [-0.4, -0.2) is 47.4 Å². The number of nitrogens with two attached hydrogens (primary N) is 1. The Morgan fingerprint density at radius 2 is 1.89 bits per heavy atom. The number of carbonyl (C=O) groups excluding carboxylic acids is 2. The van der Waals surface area contributed by atoms with Gasteiger partial charge in [0.25, 0.3) is 0 Å². The van der Waals surface area contributed by atoms with Gasteiger partial charge in [0, 0.05) is 19.1 Å². The summed E-state index contributed by atoms with van der Waals surface area (Å²) in [5, 5.41) is 0. The predicted molar refractivity (Wildman–Crippen MR) is 73.5 cm³/mol. The van der Waals surface area contributed by atoms with Crippen molar-refractivity contribution in [3.8, 4) is 0 Å². The lowest BCUT2D eigenvalue weighted by Gasteiger charge is -2.37. The molecule has 0 radical (unpaired) electrons. The van der Waals surface area contributed by atoms with Crippen molar-refractivity contribution in [2.45, 2.75) is 51.5 Å². The zero-order chi connectivity index (χ0) is 13.8. The summed E-state index contributed by atoms with van der Waals surface area (Å²) in [6.07, 6.45) is 6.53. The van der Waals surface area contributed by atoms with Gasteiger partial charge in [-0.05, 0) is 31.6 Å². The molecular formula is C14H25N3O2. The molecule has 1 heterocycles. The number of rotatable bonds is 3. The van der Waals surface area contributed by atoms with Gasteiger partial charge in [-0.2, -0.15) is 0 Å². The molecule has 1 saturated carbocycles. The maximum Gasteiger partial charge on any atom is 0.320 e. The van der Waals surface area contributed by atoms with E-state index in [9.17, 15) is 9.59 Å². The molecule has 0 aromatic carbocycles. The van der Waals surface area contributed by atoms with E-state index < -0.39 is 5.91 Å². The molecule has 2 rings (SSSR count). The van der Waals surface area contributed by atoms with Crippen molar-refractivity contribution >= 4 is 11.9 Å². The van der Waals surface area contributed by atoms with Crippen LogP contribution in [0, 0.1) is 5.92 Å². The SMILES string of the molecule is CC1CCCN(C(=O)N(CC(N)=O)C2CCCC2)C1. The second-order valence-electron chi connectivity index (χ2n) is 6.01. The fraction of sp³-hybridized carbons (Fsp3) is 0.857. The Morgan fingerprint density at radius 1 is 1.21 bits per heavy atom. The van der Waals surface area contributed by atoms with Gasteiger partial charge in [-0.1, -0.05) is 19.8 Å². The van der Waals surface area contributed by atoms with Crippen molar-refractivity contribution < 1.29 is 9.59 Å². The van der Waals surface area contributed by atoms with Crippen molar-refractivity contribution in [3.63, 3.8) is 0 Å². The summed E-state index contributed by atoms with van der Waals surface area (Å²) in [5.41, 5.74) is 5.30. The van der Waals surface area contributed by atoms with Crippen LogP contribution >= 0.6 is 0 Å². The number of piperidine rings is 1. The molecule has 1 aliphatic carbocycles.